The molecule has 0 bridgehead atoms. The van der Waals surface area contributed by atoms with Crippen molar-refractivity contribution < 1.29 is 9.47 Å². The fraction of sp³-hybridized carbons (Fsp3) is 0.143. The minimum absolute atomic E-state index is 0.747. The number of rotatable bonds is 10. The molecule has 0 N–H and O–H groups in total. The summed E-state index contributed by atoms with van der Waals surface area (Å²) in [4.78, 5) is 0. The van der Waals surface area contributed by atoms with Gasteiger partial charge in [-0.1, -0.05) is 100 Å². The van der Waals surface area contributed by atoms with Crippen LogP contribution in [0.4, 0.5) is 0 Å². The third-order valence-electron chi connectivity index (χ3n) is 5.70. The van der Waals surface area contributed by atoms with E-state index >= 15 is 0 Å². The van der Waals surface area contributed by atoms with Crippen LogP contribution in [0.5, 0.6) is 11.5 Å². The third kappa shape index (κ3) is 6.83. The quantitative estimate of drug-likeness (QED) is 0.244. The molecule has 0 heterocycles. The van der Waals surface area contributed by atoms with Crippen molar-refractivity contribution in [1.29, 1.82) is 0 Å². The number of ether oxygens (including phenoxy) is 2. The molecule has 0 aliphatic heterocycles. The largest absolute Gasteiger partial charge is 0.497 e. The molecule has 0 aliphatic rings. The van der Waals surface area contributed by atoms with Gasteiger partial charge in [-0.3, -0.25) is 0 Å². The van der Waals surface area contributed by atoms with E-state index < -0.39 is 8.67 Å². The summed E-state index contributed by atoms with van der Waals surface area (Å²) < 4.78 is 10.5. The van der Waals surface area contributed by atoms with E-state index in [4.69, 9.17) is 16.9 Å². The summed E-state index contributed by atoms with van der Waals surface area (Å²) in [7, 11) is 10.3. The summed E-state index contributed by atoms with van der Waals surface area (Å²) >= 11 is 0. The molecule has 4 rings (SSSR count). The first-order valence-corrected chi connectivity index (χ1v) is 15.2. The molecule has 0 aromatic heterocycles. The predicted octanol–water partition coefficient (Wildman–Crippen LogP) is 3.99. The van der Waals surface area contributed by atoms with Gasteiger partial charge in [-0.15, -0.1) is 0 Å². The summed E-state index contributed by atoms with van der Waals surface area (Å²) in [5, 5.41) is 5.19. The van der Waals surface area contributed by atoms with E-state index in [1.54, 1.807) is 14.2 Å². The Morgan fingerprint density at radius 2 is 0.912 bits per heavy atom. The molecule has 0 saturated carbocycles. The Bertz CT molecular complexity index is 1070. The smallest absolute Gasteiger partial charge is 0.118 e. The molecule has 169 valence electrons. The number of hydrogen-bond donors (Lipinski definition) is 0. The predicted molar refractivity (Wildman–Crippen MR) is 153 cm³/mol. The highest BCUT2D eigenvalue weighted by Gasteiger charge is 2.10. The summed E-state index contributed by atoms with van der Waals surface area (Å²) in [6.07, 6.45) is 2.09. The van der Waals surface area contributed by atoms with Gasteiger partial charge in [-0.2, -0.15) is 0 Å². The Hall–Kier alpha value is -2.38. The molecule has 2 unspecified atom stereocenters. The molecule has 6 heteroatoms. The van der Waals surface area contributed by atoms with Crippen molar-refractivity contribution in [3.05, 3.63) is 108 Å². The van der Waals surface area contributed by atoms with E-state index in [1.165, 1.54) is 32.1 Å². The van der Waals surface area contributed by atoms with Gasteiger partial charge in [-0.05, 0) is 58.3 Å². The Morgan fingerprint density at radius 3 is 1.24 bits per heavy atom. The molecule has 3 radical (unpaired) electrons. The van der Waals surface area contributed by atoms with E-state index in [0.29, 0.717) is 0 Å². The number of methoxy groups -OCH3 is 2. The van der Waals surface area contributed by atoms with Crippen LogP contribution >= 0.6 is 17.2 Å². The Morgan fingerprint density at radius 1 is 0.559 bits per heavy atom. The molecule has 0 fully saturated rings. The lowest BCUT2D eigenvalue weighted by Gasteiger charge is -2.13. The molecular formula is C28H28BO2P2Si. The van der Waals surface area contributed by atoms with Crippen LogP contribution in [0.15, 0.2) is 97.1 Å². The average molecular weight is 497 g/mol. The van der Waals surface area contributed by atoms with Gasteiger partial charge in [0, 0.05) is 0 Å². The van der Waals surface area contributed by atoms with Crippen LogP contribution < -0.4 is 30.5 Å². The molecule has 0 saturated heterocycles. The van der Waals surface area contributed by atoms with Crippen LogP contribution in [0.1, 0.15) is 11.1 Å². The third-order valence-corrected chi connectivity index (χ3v) is 10.3. The zero-order valence-corrected chi connectivity index (χ0v) is 22.5. The van der Waals surface area contributed by atoms with Gasteiger partial charge in [0.2, 0.25) is 0 Å². The highest BCUT2D eigenvalue weighted by atomic mass is 31.1. The van der Waals surface area contributed by atoms with Crippen LogP contribution in [0.2, 0.25) is 0 Å². The Labute approximate surface area is 209 Å². The average Bonchev–Trinajstić information content (AvgIpc) is 2.91. The van der Waals surface area contributed by atoms with Crippen molar-refractivity contribution in [1.82, 2.24) is 0 Å². The van der Waals surface area contributed by atoms with Crippen LogP contribution in [0.3, 0.4) is 0 Å². The number of hydrogen-bond acceptors (Lipinski definition) is 2. The van der Waals surface area contributed by atoms with Gasteiger partial charge in [0.1, 0.15) is 11.5 Å². The van der Waals surface area contributed by atoms with Crippen molar-refractivity contribution in [3.8, 4) is 11.5 Å². The second-order valence-electron chi connectivity index (χ2n) is 7.97. The van der Waals surface area contributed by atoms with Crippen molar-refractivity contribution in [2.24, 2.45) is 0 Å². The van der Waals surface area contributed by atoms with E-state index in [9.17, 15) is 0 Å². The normalized spacial score (nSPS) is 11.6. The highest BCUT2D eigenvalue weighted by molar-refractivity contribution is 7.46. The highest BCUT2D eigenvalue weighted by Crippen LogP contribution is 2.21. The van der Waals surface area contributed by atoms with Crippen LogP contribution in [0.25, 0.3) is 0 Å². The van der Waals surface area contributed by atoms with Gasteiger partial charge >= 0.3 is 0 Å². The van der Waals surface area contributed by atoms with E-state index in [0.717, 1.165) is 41.0 Å². The van der Waals surface area contributed by atoms with Crippen LogP contribution in [-0.2, 0) is 12.3 Å². The lowest BCUT2D eigenvalue weighted by molar-refractivity contribution is 0.415. The van der Waals surface area contributed by atoms with Crippen molar-refractivity contribution in [3.63, 3.8) is 0 Å². The minimum Gasteiger partial charge on any atom is -0.497 e. The molecule has 4 aromatic carbocycles. The second-order valence-corrected chi connectivity index (χ2v) is 12.5. The molecule has 4 aromatic rings. The molecule has 2 atom stereocenters. The number of benzene rings is 4. The fourth-order valence-electron chi connectivity index (χ4n) is 3.60. The van der Waals surface area contributed by atoms with Gasteiger partial charge in [-0.25, -0.2) is 0 Å². The van der Waals surface area contributed by atoms with Gasteiger partial charge < -0.3 is 9.47 Å². The summed E-state index contributed by atoms with van der Waals surface area (Å²) in [6, 6.07) is 34.5. The zero-order valence-electron chi connectivity index (χ0n) is 19.5. The van der Waals surface area contributed by atoms with Crippen LogP contribution in [-0.4, -0.2) is 30.3 Å². The Kier molecular flexibility index (Phi) is 8.99. The van der Waals surface area contributed by atoms with E-state index in [2.05, 4.69) is 72.8 Å². The SMILES string of the molecule is [B][Si](c1ccc(CPc2ccc(OC)cc2)cc1)c1ccc(CPc2ccc(OC)cc2)cc1. The first-order chi connectivity index (χ1) is 16.6. The Balaban J connectivity index is 1.30. The van der Waals surface area contributed by atoms with Gasteiger partial charge in [0.25, 0.3) is 0 Å². The maximum atomic E-state index is 6.68. The van der Waals surface area contributed by atoms with Crippen molar-refractivity contribution in [2.75, 3.05) is 14.2 Å². The lowest BCUT2D eigenvalue weighted by Crippen LogP contribution is -2.42. The van der Waals surface area contributed by atoms with Gasteiger partial charge in [0.15, 0.2) is 0 Å². The van der Waals surface area contributed by atoms with Crippen molar-refractivity contribution >= 4 is 54.2 Å². The molecule has 2 nitrogen and oxygen atoms in total. The summed E-state index contributed by atoms with van der Waals surface area (Å²) in [5.74, 6) is 1.81. The lowest BCUT2D eigenvalue weighted by atomic mass is 10.2. The topological polar surface area (TPSA) is 18.5 Å². The summed E-state index contributed by atoms with van der Waals surface area (Å²) in [5.41, 5.74) is 2.70. The minimum atomic E-state index is -1.25. The van der Waals surface area contributed by atoms with Gasteiger partial charge in [0.05, 0.1) is 30.3 Å². The maximum absolute atomic E-state index is 6.68. The fourth-order valence-corrected chi connectivity index (χ4v) is 7.07. The zero-order chi connectivity index (χ0) is 23.8. The first-order valence-electron chi connectivity index (χ1n) is 11.2. The monoisotopic (exact) mass is 497 g/mol. The van der Waals surface area contributed by atoms with Crippen molar-refractivity contribution in [2.45, 2.75) is 12.3 Å². The van der Waals surface area contributed by atoms with Crippen LogP contribution in [0, 0.1) is 0 Å². The standard InChI is InChI=1S/C28H28BO2P2Si/c1-30-23-7-11-25(12-8-23)32-19-21-3-15-27(16-4-21)34(29)28-17-5-22(6-18-28)20-33-26-13-9-24(31-2)10-14-26/h3-18,32-33H,19-20H2,1-2H3. The maximum Gasteiger partial charge on any atom is 0.118 e. The molecule has 0 aliphatic carbocycles. The van der Waals surface area contributed by atoms with E-state index in [-0.39, 0.29) is 0 Å². The molecular weight excluding hydrogens is 469 g/mol. The molecule has 0 amide bonds. The molecule has 34 heavy (non-hydrogen) atoms. The first kappa shape index (κ1) is 24.7. The van der Waals surface area contributed by atoms with E-state index in [1.807, 2.05) is 24.3 Å². The second kappa shape index (κ2) is 12.4. The summed E-state index contributed by atoms with van der Waals surface area (Å²) in [6.45, 7) is 0. The molecule has 0 spiro atoms.